The standard InChI is InChI=1S/C22H24N6O2/c1-22(2,3)19(29)17-18-20(24-14-23-17)27(21(26-18)28-12-5-11-25-28)13-10-15-6-8-16(30-4)9-7-15/h5-9,11-12,14H,10,13H2,1-4H3. The lowest BCUT2D eigenvalue weighted by molar-refractivity contribution is 0.0854. The van der Waals surface area contributed by atoms with Crippen molar-refractivity contribution in [3.8, 4) is 11.7 Å². The van der Waals surface area contributed by atoms with Gasteiger partial charge in [0.15, 0.2) is 11.4 Å². The van der Waals surface area contributed by atoms with E-state index in [0.717, 1.165) is 17.7 Å². The number of fused-ring (bicyclic) bond motifs is 1. The summed E-state index contributed by atoms with van der Waals surface area (Å²) in [5, 5.41) is 4.33. The minimum Gasteiger partial charge on any atom is -0.497 e. The second-order valence-electron chi connectivity index (χ2n) is 8.09. The summed E-state index contributed by atoms with van der Waals surface area (Å²) in [7, 11) is 1.65. The summed E-state index contributed by atoms with van der Waals surface area (Å²) < 4.78 is 8.89. The first-order chi connectivity index (χ1) is 14.4. The number of nitrogens with zero attached hydrogens (tertiary/aromatic N) is 6. The maximum atomic E-state index is 13.0. The van der Waals surface area contributed by atoms with Gasteiger partial charge >= 0.3 is 0 Å². The molecule has 8 nitrogen and oxygen atoms in total. The molecule has 3 heterocycles. The summed E-state index contributed by atoms with van der Waals surface area (Å²) in [5.41, 5.74) is 2.04. The molecule has 0 atom stereocenters. The highest BCUT2D eigenvalue weighted by Gasteiger charge is 2.28. The van der Waals surface area contributed by atoms with E-state index in [2.05, 4.69) is 15.1 Å². The zero-order chi connectivity index (χ0) is 21.3. The highest BCUT2D eigenvalue weighted by molar-refractivity contribution is 6.06. The molecular weight excluding hydrogens is 380 g/mol. The Labute approximate surface area is 174 Å². The van der Waals surface area contributed by atoms with Crippen LogP contribution in [0.2, 0.25) is 0 Å². The summed E-state index contributed by atoms with van der Waals surface area (Å²) in [6.45, 7) is 6.24. The number of Topliss-reactive ketones (excluding diaryl/α,β-unsaturated/α-hetero) is 1. The molecule has 0 radical (unpaired) electrons. The number of benzene rings is 1. The number of rotatable bonds is 6. The highest BCUT2D eigenvalue weighted by Crippen LogP contribution is 2.26. The van der Waals surface area contributed by atoms with E-state index in [9.17, 15) is 4.79 Å². The fourth-order valence-corrected chi connectivity index (χ4v) is 3.25. The second-order valence-corrected chi connectivity index (χ2v) is 8.09. The van der Waals surface area contributed by atoms with E-state index in [1.807, 2.05) is 61.9 Å². The first-order valence-corrected chi connectivity index (χ1v) is 9.77. The summed E-state index contributed by atoms with van der Waals surface area (Å²) in [6.07, 6.45) is 5.71. The molecule has 8 heteroatoms. The third-order valence-corrected chi connectivity index (χ3v) is 4.90. The van der Waals surface area contributed by atoms with Crippen molar-refractivity contribution in [2.24, 2.45) is 5.41 Å². The molecule has 0 aliphatic rings. The SMILES string of the molecule is COc1ccc(CCn2c(-n3cccn3)nc3c(C(=O)C(C)(C)C)ncnc32)cc1. The van der Waals surface area contributed by atoms with Crippen LogP contribution >= 0.6 is 0 Å². The number of carbonyl (C=O) groups is 1. The lowest BCUT2D eigenvalue weighted by atomic mass is 9.88. The maximum absolute atomic E-state index is 13.0. The fourth-order valence-electron chi connectivity index (χ4n) is 3.25. The highest BCUT2D eigenvalue weighted by atomic mass is 16.5. The molecule has 0 saturated carbocycles. The van der Waals surface area contributed by atoms with E-state index < -0.39 is 5.41 Å². The topological polar surface area (TPSA) is 87.7 Å². The molecule has 0 bridgehead atoms. The van der Waals surface area contributed by atoms with Gasteiger partial charge in [-0.15, -0.1) is 0 Å². The summed E-state index contributed by atoms with van der Waals surface area (Å²) in [4.78, 5) is 26.4. The maximum Gasteiger partial charge on any atom is 0.233 e. The molecule has 3 aromatic heterocycles. The molecule has 4 aromatic rings. The van der Waals surface area contributed by atoms with Crippen LogP contribution in [-0.2, 0) is 13.0 Å². The first-order valence-electron chi connectivity index (χ1n) is 9.77. The molecule has 0 N–H and O–H groups in total. The van der Waals surface area contributed by atoms with Gasteiger partial charge in [0.05, 0.1) is 7.11 Å². The lowest BCUT2D eigenvalue weighted by Gasteiger charge is -2.15. The monoisotopic (exact) mass is 404 g/mol. The molecule has 0 saturated heterocycles. The molecule has 0 spiro atoms. The van der Waals surface area contributed by atoms with Crippen molar-refractivity contribution in [3.63, 3.8) is 0 Å². The molecule has 0 amide bonds. The Bertz CT molecular complexity index is 1170. The van der Waals surface area contributed by atoms with Gasteiger partial charge in [0.2, 0.25) is 5.95 Å². The minimum atomic E-state index is -0.569. The number of imidazole rings is 1. The number of aromatic nitrogens is 6. The number of carbonyl (C=O) groups excluding carboxylic acids is 1. The van der Waals surface area contributed by atoms with Crippen LogP contribution in [0.25, 0.3) is 17.1 Å². The molecule has 0 fully saturated rings. The van der Waals surface area contributed by atoms with Gasteiger partial charge in [-0.05, 0) is 30.2 Å². The molecule has 0 aliphatic heterocycles. The van der Waals surface area contributed by atoms with Gasteiger partial charge in [0.1, 0.15) is 23.3 Å². The Morgan fingerprint density at radius 1 is 1.13 bits per heavy atom. The predicted octanol–water partition coefficient (Wildman–Crippen LogP) is 3.49. The molecule has 30 heavy (non-hydrogen) atoms. The smallest absolute Gasteiger partial charge is 0.233 e. The van der Waals surface area contributed by atoms with Crippen molar-refractivity contribution < 1.29 is 9.53 Å². The van der Waals surface area contributed by atoms with Gasteiger partial charge in [0, 0.05) is 24.4 Å². The van der Waals surface area contributed by atoms with Gasteiger partial charge in [-0.1, -0.05) is 32.9 Å². The number of methoxy groups -OCH3 is 1. The van der Waals surface area contributed by atoms with E-state index in [1.165, 1.54) is 6.33 Å². The van der Waals surface area contributed by atoms with Gasteiger partial charge in [-0.25, -0.2) is 19.6 Å². The van der Waals surface area contributed by atoms with Crippen molar-refractivity contribution in [1.82, 2.24) is 29.3 Å². The number of ketones is 1. The Hall–Kier alpha value is -3.55. The number of ether oxygens (including phenoxy) is 1. The summed E-state index contributed by atoms with van der Waals surface area (Å²) in [6, 6.07) is 9.79. The fraction of sp³-hybridized carbons (Fsp3) is 0.318. The average Bonchev–Trinajstić information content (AvgIpc) is 3.39. The van der Waals surface area contributed by atoms with E-state index in [1.54, 1.807) is 18.0 Å². The van der Waals surface area contributed by atoms with Crippen LogP contribution in [0.5, 0.6) is 5.75 Å². The quantitative estimate of drug-likeness (QED) is 0.457. The first kappa shape index (κ1) is 19.8. The van der Waals surface area contributed by atoms with Crippen molar-refractivity contribution >= 4 is 16.9 Å². The van der Waals surface area contributed by atoms with E-state index in [0.29, 0.717) is 29.4 Å². The van der Waals surface area contributed by atoms with Gasteiger partial charge in [0.25, 0.3) is 0 Å². The largest absolute Gasteiger partial charge is 0.497 e. The van der Waals surface area contributed by atoms with Crippen LogP contribution in [0, 0.1) is 5.41 Å². The Balaban J connectivity index is 1.78. The Morgan fingerprint density at radius 2 is 1.90 bits per heavy atom. The zero-order valence-corrected chi connectivity index (χ0v) is 17.5. The molecule has 154 valence electrons. The van der Waals surface area contributed by atoms with Crippen molar-refractivity contribution in [1.29, 1.82) is 0 Å². The number of hydrogen-bond donors (Lipinski definition) is 0. The number of hydrogen-bond acceptors (Lipinski definition) is 6. The summed E-state index contributed by atoms with van der Waals surface area (Å²) >= 11 is 0. The second kappa shape index (κ2) is 7.70. The molecular formula is C22H24N6O2. The van der Waals surface area contributed by atoms with Crippen LogP contribution in [0.4, 0.5) is 0 Å². The normalized spacial score (nSPS) is 11.7. The van der Waals surface area contributed by atoms with Gasteiger partial charge in [-0.2, -0.15) is 5.10 Å². The van der Waals surface area contributed by atoms with Crippen LogP contribution in [0.15, 0.2) is 49.1 Å². The van der Waals surface area contributed by atoms with Crippen LogP contribution in [-0.4, -0.2) is 42.2 Å². The third kappa shape index (κ3) is 3.68. The zero-order valence-electron chi connectivity index (χ0n) is 17.5. The van der Waals surface area contributed by atoms with Crippen LogP contribution in [0.3, 0.4) is 0 Å². The molecule has 1 aromatic carbocycles. The molecule has 0 aliphatic carbocycles. The van der Waals surface area contributed by atoms with Crippen molar-refractivity contribution in [3.05, 3.63) is 60.3 Å². The Kier molecular flexibility index (Phi) is 5.07. The predicted molar refractivity (Wildman–Crippen MR) is 113 cm³/mol. The third-order valence-electron chi connectivity index (χ3n) is 4.90. The van der Waals surface area contributed by atoms with Gasteiger partial charge in [-0.3, -0.25) is 9.36 Å². The molecule has 4 rings (SSSR count). The Morgan fingerprint density at radius 3 is 2.53 bits per heavy atom. The average molecular weight is 404 g/mol. The summed E-state index contributed by atoms with van der Waals surface area (Å²) in [5.74, 6) is 1.36. The van der Waals surface area contributed by atoms with Gasteiger partial charge < -0.3 is 4.74 Å². The van der Waals surface area contributed by atoms with E-state index in [4.69, 9.17) is 9.72 Å². The lowest BCUT2D eigenvalue weighted by Crippen LogP contribution is -2.22. The van der Waals surface area contributed by atoms with E-state index >= 15 is 0 Å². The van der Waals surface area contributed by atoms with Crippen LogP contribution < -0.4 is 4.74 Å². The van der Waals surface area contributed by atoms with Crippen LogP contribution in [0.1, 0.15) is 36.8 Å². The molecule has 0 unspecified atom stereocenters. The van der Waals surface area contributed by atoms with Crippen molar-refractivity contribution in [2.45, 2.75) is 33.7 Å². The van der Waals surface area contributed by atoms with E-state index in [-0.39, 0.29) is 5.78 Å². The minimum absolute atomic E-state index is 0.0679. The number of aryl methyl sites for hydroxylation is 2. The van der Waals surface area contributed by atoms with Crippen molar-refractivity contribution in [2.75, 3.05) is 7.11 Å².